The molecule has 0 bridgehead atoms. The number of aromatic nitrogens is 2. The summed E-state index contributed by atoms with van der Waals surface area (Å²) in [5, 5.41) is 4.17. The molecular formula is C17H27N3O2. The number of hydrogen-bond acceptors (Lipinski definition) is 5. The van der Waals surface area contributed by atoms with Crippen LogP contribution in [0, 0.1) is 5.41 Å². The normalized spacial score (nSPS) is 30.1. The maximum absolute atomic E-state index is 6.01. The predicted molar refractivity (Wildman–Crippen MR) is 82.5 cm³/mol. The second kappa shape index (κ2) is 5.60. The van der Waals surface area contributed by atoms with Crippen LogP contribution in [-0.4, -0.2) is 40.8 Å². The van der Waals surface area contributed by atoms with Gasteiger partial charge in [0.15, 0.2) is 5.82 Å². The highest BCUT2D eigenvalue weighted by Gasteiger charge is 2.57. The lowest BCUT2D eigenvalue weighted by atomic mass is 9.60. The first-order valence-corrected chi connectivity index (χ1v) is 8.87. The van der Waals surface area contributed by atoms with E-state index in [0.717, 1.165) is 31.3 Å². The molecule has 0 saturated heterocycles. The molecule has 4 rings (SSSR count). The summed E-state index contributed by atoms with van der Waals surface area (Å²) in [4.78, 5) is 7.01. The van der Waals surface area contributed by atoms with E-state index in [2.05, 4.69) is 29.0 Å². The molecule has 3 aliphatic rings. The summed E-state index contributed by atoms with van der Waals surface area (Å²) in [5.41, 5.74) is 0.383. The first kappa shape index (κ1) is 14.6. The fourth-order valence-electron chi connectivity index (χ4n) is 4.63. The Bertz CT molecular complexity index is 520. The van der Waals surface area contributed by atoms with Gasteiger partial charge in [-0.05, 0) is 46.1 Å². The van der Waals surface area contributed by atoms with Crippen molar-refractivity contribution in [2.45, 2.75) is 76.5 Å². The summed E-state index contributed by atoms with van der Waals surface area (Å²) in [6.45, 7) is 3.73. The van der Waals surface area contributed by atoms with Crippen molar-refractivity contribution in [2.75, 3.05) is 13.7 Å². The van der Waals surface area contributed by atoms with E-state index in [1.165, 1.54) is 38.5 Å². The third kappa shape index (κ3) is 2.38. The lowest BCUT2D eigenvalue weighted by Gasteiger charge is -2.57. The van der Waals surface area contributed by atoms with Crippen molar-refractivity contribution in [2.24, 2.45) is 5.41 Å². The molecule has 5 heteroatoms. The Morgan fingerprint density at radius 2 is 2.09 bits per heavy atom. The quantitative estimate of drug-likeness (QED) is 0.808. The lowest BCUT2D eigenvalue weighted by Crippen LogP contribution is -2.62. The van der Waals surface area contributed by atoms with Gasteiger partial charge in [-0.15, -0.1) is 0 Å². The zero-order valence-electron chi connectivity index (χ0n) is 13.8. The van der Waals surface area contributed by atoms with Crippen LogP contribution in [0.2, 0.25) is 0 Å². The summed E-state index contributed by atoms with van der Waals surface area (Å²) >= 11 is 0. The molecule has 0 N–H and O–H groups in total. The monoisotopic (exact) mass is 305 g/mol. The van der Waals surface area contributed by atoms with Crippen LogP contribution in [0.4, 0.5) is 0 Å². The lowest BCUT2D eigenvalue weighted by molar-refractivity contribution is -0.162. The van der Waals surface area contributed by atoms with Crippen molar-refractivity contribution >= 4 is 0 Å². The average molecular weight is 305 g/mol. The van der Waals surface area contributed by atoms with E-state index in [4.69, 9.17) is 9.26 Å². The third-order valence-electron chi connectivity index (χ3n) is 5.98. The predicted octanol–water partition coefficient (Wildman–Crippen LogP) is 3.12. The maximum atomic E-state index is 6.01. The topological polar surface area (TPSA) is 51.4 Å². The summed E-state index contributed by atoms with van der Waals surface area (Å²) in [6.07, 6.45) is 9.35. The molecule has 22 heavy (non-hydrogen) atoms. The molecule has 0 unspecified atom stereocenters. The standard InChI is InChI=1S/C17H27N3O2/c1-3-21-14-10-13(17(14)8-4-5-9-17)20(2)11-15-18-16(22-19-15)12-6-7-12/h12-14H,3-11H2,1-2H3/t13-,14-/m0/s1. The van der Waals surface area contributed by atoms with Crippen LogP contribution < -0.4 is 0 Å². The fourth-order valence-corrected chi connectivity index (χ4v) is 4.63. The molecule has 0 aliphatic heterocycles. The first-order chi connectivity index (χ1) is 10.7. The van der Waals surface area contributed by atoms with Crippen LogP contribution in [0.5, 0.6) is 0 Å². The Morgan fingerprint density at radius 3 is 2.77 bits per heavy atom. The molecule has 2 atom stereocenters. The number of hydrogen-bond donors (Lipinski definition) is 0. The number of nitrogens with zero attached hydrogens (tertiary/aromatic N) is 3. The van der Waals surface area contributed by atoms with Gasteiger partial charge < -0.3 is 9.26 Å². The van der Waals surface area contributed by atoms with Crippen LogP contribution >= 0.6 is 0 Å². The van der Waals surface area contributed by atoms with E-state index < -0.39 is 0 Å². The average Bonchev–Trinajstić information content (AvgIpc) is 3.02. The smallest absolute Gasteiger partial charge is 0.229 e. The molecule has 1 aromatic rings. The van der Waals surface area contributed by atoms with Crippen LogP contribution in [0.25, 0.3) is 0 Å². The molecule has 5 nitrogen and oxygen atoms in total. The fraction of sp³-hybridized carbons (Fsp3) is 0.882. The van der Waals surface area contributed by atoms with Gasteiger partial charge in [-0.25, -0.2) is 0 Å². The van der Waals surface area contributed by atoms with E-state index in [0.29, 0.717) is 23.5 Å². The van der Waals surface area contributed by atoms with E-state index in [1.807, 2.05) is 0 Å². The highest BCUT2D eigenvalue weighted by atomic mass is 16.5. The van der Waals surface area contributed by atoms with E-state index in [9.17, 15) is 0 Å². The van der Waals surface area contributed by atoms with Crippen molar-refractivity contribution < 1.29 is 9.26 Å². The second-order valence-electron chi connectivity index (χ2n) is 7.37. The summed E-state index contributed by atoms with van der Waals surface area (Å²) < 4.78 is 11.4. The Hall–Kier alpha value is -0.940. The van der Waals surface area contributed by atoms with Gasteiger partial charge in [0.2, 0.25) is 5.89 Å². The molecule has 1 spiro atoms. The minimum absolute atomic E-state index is 0.383. The van der Waals surface area contributed by atoms with Crippen molar-refractivity contribution in [3.63, 3.8) is 0 Å². The minimum atomic E-state index is 0.383. The van der Waals surface area contributed by atoms with Crippen LogP contribution in [0.15, 0.2) is 4.52 Å². The molecule has 3 fully saturated rings. The highest BCUT2D eigenvalue weighted by molar-refractivity contribution is 5.11. The Kier molecular flexibility index (Phi) is 3.73. The summed E-state index contributed by atoms with van der Waals surface area (Å²) in [6, 6.07) is 0.606. The molecule has 0 aromatic carbocycles. The summed E-state index contributed by atoms with van der Waals surface area (Å²) in [5.74, 6) is 2.23. The highest BCUT2D eigenvalue weighted by Crippen LogP contribution is 2.56. The van der Waals surface area contributed by atoms with Crippen LogP contribution in [0.1, 0.15) is 69.5 Å². The molecule has 3 saturated carbocycles. The largest absolute Gasteiger partial charge is 0.378 e. The Labute approximate surface area is 132 Å². The van der Waals surface area contributed by atoms with Gasteiger partial charge in [0.05, 0.1) is 12.6 Å². The van der Waals surface area contributed by atoms with Crippen molar-refractivity contribution in [3.05, 3.63) is 11.7 Å². The molecule has 1 heterocycles. The van der Waals surface area contributed by atoms with E-state index >= 15 is 0 Å². The second-order valence-corrected chi connectivity index (χ2v) is 7.37. The van der Waals surface area contributed by atoms with Gasteiger partial charge >= 0.3 is 0 Å². The maximum Gasteiger partial charge on any atom is 0.229 e. The molecule has 3 aliphatic carbocycles. The van der Waals surface area contributed by atoms with Crippen molar-refractivity contribution in [1.82, 2.24) is 15.0 Å². The van der Waals surface area contributed by atoms with Crippen LogP contribution in [0.3, 0.4) is 0 Å². The Balaban J connectivity index is 1.42. The van der Waals surface area contributed by atoms with Crippen LogP contribution in [-0.2, 0) is 11.3 Å². The number of ether oxygens (including phenoxy) is 1. The zero-order chi connectivity index (χ0) is 15.2. The number of rotatable bonds is 6. The molecule has 0 amide bonds. The molecular weight excluding hydrogens is 278 g/mol. The van der Waals surface area contributed by atoms with E-state index in [-0.39, 0.29) is 0 Å². The molecule has 1 aromatic heterocycles. The van der Waals surface area contributed by atoms with Crippen molar-refractivity contribution in [3.8, 4) is 0 Å². The molecule has 122 valence electrons. The first-order valence-electron chi connectivity index (χ1n) is 8.87. The van der Waals surface area contributed by atoms with Gasteiger partial charge in [0.1, 0.15) is 0 Å². The SMILES string of the molecule is CCO[C@H]1C[C@H](N(C)Cc2noc(C3CC3)n2)C12CCCC2. The summed E-state index contributed by atoms with van der Waals surface area (Å²) in [7, 11) is 2.21. The minimum Gasteiger partial charge on any atom is -0.378 e. The van der Waals surface area contributed by atoms with Gasteiger partial charge in [-0.3, -0.25) is 4.90 Å². The van der Waals surface area contributed by atoms with E-state index in [1.54, 1.807) is 0 Å². The zero-order valence-corrected chi connectivity index (χ0v) is 13.8. The van der Waals surface area contributed by atoms with Gasteiger partial charge in [-0.1, -0.05) is 18.0 Å². The van der Waals surface area contributed by atoms with Gasteiger partial charge in [0, 0.05) is 24.0 Å². The van der Waals surface area contributed by atoms with Gasteiger partial charge in [-0.2, -0.15) is 4.98 Å². The molecule has 0 radical (unpaired) electrons. The third-order valence-corrected chi connectivity index (χ3v) is 5.98. The Morgan fingerprint density at radius 1 is 1.32 bits per heavy atom. The van der Waals surface area contributed by atoms with Crippen molar-refractivity contribution in [1.29, 1.82) is 0 Å². The van der Waals surface area contributed by atoms with Gasteiger partial charge in [0.25, 0.3) is 0 Å².